The topological polar surface area (TPSA) is 55.1 Å². The number of nitrogens with two attached hydrogens (primary N) is 1. The highest BCUT2D eigenvalue weighted by Gasteiger charge is 2.27. The van der Waals surface area contributed by atoms with Gasteiger partial charge in [-0.15, -0.1) is 0 Å². The van der Waals surface area contributed by atoms with Gasteiger partial charge in [-0.05, 0) is 39.5 Å². The Balaban J connectivity index is 2.82. The van der Waals surface area contributed by atoms with Crippen LogP contribution in [0, 0.1) is 5.41 Å². The molecule has 0 saturated heterocycles. The van der Waals surface area contributed by atoms with Crippen LogP contribution in [0.4, 0.5) is 5.69 Å². The fraction of sp³-hybridized carbons (Fsp3) is 0.417. The van der Waals surface area contributed by atoms with E-state index in [1.165, 1.54) is 0 Å². The van der Waals surface area contributed by atoms with E-state index in [2.05, 4.69) is 21.2 Å². The van der Waals surface area contributed by atoms with Crippen LogP contribution < -0.4 is 11.1 Å². The third-order valence-corrected chi connectivity index (χ3v) is 3.30. The number of carbonyl (C=O) groups is 1. The molecule has 1 rings (SSSR count). The number of nitrogens with one attached hydrogen (secondary N) is 1. The molecular weight excluding hydrogens is 304 g/mol. The molecule has 0 bridgehead atoms. The molecule has 0 spiro atoms. The molecule has 0 aliphatic carbocycles. The maximum atomic E-state index is 11.9. The van der Waals surface area contributed by atoms with Crippen molar-refractivity contribution in [1.82, 2.24) is 0 Å². The van der Waals surface area contributed by atoms with Gasteiger partial charge in [-0.3, -0.25) is 4.79 Å². The number of hydrogen-bond acceptors (Lipinski definition) is 2. The van der Waals surface area contributed by atoms with Gasteiger partial charge >= 0.3 is 0 Å². The Labute approximate surface area is 115 Å². The fourth-order valence-corrected chi connectivity index (χ4v) is 1.98. The van der Waals surface area contributed by atoms with Crippen LogP contribution in [0.15, 0.2) is 22.7 Å². The minimum atomic E-state index is -0.565. The standard InChI is InChI=1S/C12H16BrClN2O/c1-12(2,3)10(15)11(17)16-9-5-4-7(14)6-8(9)13/h4-6,10H,15H2,1-3H3,(H,16,17)/t10-/m1/s1. The van der Waals surface area contributed by atoms with Crippen LogP contribution in [0.25, 0.3) is 0 Å². The summed E-state index contributed by atoms with van der Waals surface area (Å²) in [6, 6.07) is 4.61. The summed E-state index contributed by atoms with van der Waals surface area (Å²) < 4.78 is 0.736. The van der Waals surface area contributed by atoms with E-state index in [1.807, 2.05) is 20.8 Å². The molecular formula is C12H16BrClN2O. The van der Waals surface area contributed by atoms with Crippen molar-refractivity contribution in [3.8, 4) is 0 Å². The van der Waals surface area contributed by atoms with Crippen molar-refractivity contribution in [2.45, 2.75) is 26.8 Å². The third-order valence-electron chi connectivity index (χ3n) is 2.40. The quantitative estimate of drug-likeness (QED) is 0.877. The largest absolute Gasteiger partial charge is 0.324 e. The molecule has 0 heterocycles. The summed E-state index contributed by atoms with van der Waals surface area (Å²) >= 11 is 9.16. The first kappa shape index (κ1) is 14.5. The molecule has 3 N–H and O–H groups in total. The van der Waals surface area contributed by atoms with Crippen LogP contribution in [-0.2, 0) is 4.79 Å². The molecule has 0 radical (unpaired) electrons. The Morgan fingerprint density at radius 3 is 2.53 bits per heavy atom. The van der Waals surface area contributed by atoms with Gasteiger partial charge in [-0.2, -0.15) is 0 Å². The molecule has 0 saturated carbocycles. The number of amides is 1. The highest BCUT2D eigenvalue weighted by atomic mass is 79.9. The molecule has 0 aliphatic rings. The van der Waals surface area contributed by atoms with Gasteiger partial charge in [0.05, 0.1) is 11.7 Å². The van der Waals surface area contributed by atoms with Crippen LogP contribution in [0.2, 0.25) is 5.02 Å². The molecule has 0 fully saturated rings. The fourth-order valence-electron chi connectivity index (χ4n) is 1.19. The minimum absolute atomic E-state index is 0.208. The summed E-state index contributed by atoms with van der Waals surface area (Å²) in [4.78, 5) is 11.9. The van der Waals surface area contributed by atoms with Gasteiger partial charge < -0.3 is 11.1 Å². The SMILES string of the molecule is CC(C)(C)[C@H](N)C(=O)Nc1ccc(Cl)cc1Br. The third kappa shape index (κ3) is 3.98. The van der Waals surface area contributed by atoms with Gasteiger partial charge in [-0.25, -0.2) is 0 Å². The lowest BCUT2D eigenvalue weighted by Crippen LogP contribution is -2.45. The van der Waals surface area contributed by atoms with Crippen LogP contribution in [-0.4, -0.2) is 11.9 Å². The molecule has 17 heavy (non-hydrogen) atoms. The number of hydrogen-bond donors (Lipinski definition) is 2. The maximum Gasteiger partial charge on any atom is 0.241 e. The summed E-state index contributed by atoms with van der Waals surface area (Å²) in [6.45, 7) is 5.77. The smallest absolute Gasteiger partial charge is 0.241 e. The van der Waals surface area contributed by atoms with Crippen molar-refractivity contribution in [3.05, 3.63) is 27.7 Å². The van der Waals surface area contributed by atoms with Gasteiger partial charge in [0, 0.05) is 9.50 Å². The van der Waals surface area contributed by atoms with E-state index >= 15 is 0 Å². The number of rotatable bonds is 2. The molecule has 1 atom stereocenters. The first-order valence-electron chi connectivity index (χ1n) is 5.23. The lowest BCUT2D eigenvalue weighted by Gasteiger charge is -2.26. The molecule has 3 nitrogen and oxygen atoms in total. The Morgan fingerprint density at radius 1 is 1.47 bits per heavy atom. The molecule has 0 unspecified atom stereocenters. The van der Waals surface area contributed by atoms with E-state index in [-0.39, 0.29) is 11.3 Å². The van der Waals surface area contributed by atoms with Gasteiger partial charge in [-0.1, -0.05) is 32.4 Å². The van der Waals surface area contributed by atoms with E-state index in [9.17, 15) is 4.79 Å². The summed E-state index contributed by atoms with van der Waals surface area (Å²) in [5.41, 5.74) is 6.26. The van der Waals surface area contributed by atoms with Gasteiger partial charge in [0.2, 0.25) is 5.91 Å². The first-order chi connectivity index (χ1) is 7.71. The highest BCUT2D eigenvalue weighted by Crippen LogP contribution is 2.27. The predicted octanol–water partition coefficient (Wildman–Crippen LogP) is 3.41. The second kappa shape index (κ2) is 5.38. The Kier molecular flexibility index (Phi) is 4.58. The predicted molar refractivity (Wildman–Crippen MR) is 75.2 cm³/mol. The zero-order valence-electron chi connectivity index (χ0n) is 10.1. The summed E-state index contributed by atoms with van der Waals surface area (Å²) in [6.07, 6.45) is 0. The van der Waals surface area contributed by atoms with E-state index in [1.54, 1.807) is 18.2 Å². The highest BCUT2D eigenvalue weighted by molar-refractivity contribution is 9.10. The second-order valence-electron chi connectivity index (χ2n) is 4.96. The van der Waals surface area contributed by atoms with Gasteiger partial charge in [0.1, 0.15) is 0 Å². The van der Waals surface area contributed by atoms with Crippen molar-refractivity contribution in [3.63, 3.8) is 0 Å². The van der Waals surface area contributed by atoms with E-state index in [0.29, 0.717) is 10.7 Å². The number of anilines is 1. The molecule has 94 valence electrons. The number of carbonyl (C=O) groups excluding carboxylic acids is 1. The Hall–Kier alpha value is -0.580. The van der Waals surface area contributed by atoms with Crippen molar-refractivity contribution in [1.29, 1.82) is 0 Å². The molecule has 0 aromatic heterocycles. The lowest BCUT2D eigenvalue weighted by molar-refractivity contribution is -0.119. The molecule has 5 heteroatoms. The normalized spacial score (nSPS) is 13.3. The van der Waals surface area contributed by atoms with E-state index in [0.717, 1.165) is 4.47 Å². The van der Waals surface area contributed by atoms with Crippen LogP contribution in [0.1, 0.15) is 20.8 Å². The van der Waals surface area contributed by atoms with Crippen molar-refractivity contribution >= 4 is 39.1 Å². The summed E-state index contributed by atoms with van der Waals surface area (Å²) in [7, 11) is 0. The summed E-state index contributed by atoms with van der Waals surface area (Å²) in [5, 5.41) is 3.38. The summed E-state index contributed by atoms with van der Waals surface area (Å²) in [5.74, 6) is -0.208. The van der Waals surface area contributed by atoms with Gasteiger partial charge in [0.25, 0.3) is 0 Å². The molecule has 1 aromatic carbocycles. The average molecular weight is 320 g/mol. The van der Waals surface area contributed by atoms with Crippen LogP contribution in [0.5, 0.6) is 0 Å². The maximum absolute atomic E-state index is 11.9. The molecule has 1 aromatic rings. The van der Waals surface area contributed by atoms with Crippen LogP contribution >= 0.6 is 27.5 Å². The zero-order chi connectivity index (χ0) is 13.2. The van der Waals surface area contributed by atoms with Gasteiger partial charge in [0.15, 0.2) is 0 Å². The van der Waals surface area contributed by atoms with E-state index in [4.69, 9.17) is 17.3 Å². The Bertz CT molecular complexity index is 429. The number of benzene rings is 1. The van der Waals surface area contributed by atoms with Crippen molar-refractivity contribution in [2.75, 3.05) is 5.32 Å². The molecule has 1 amide bonds. The Morgan fingerprint density at radius 2 is 2.06 bits per heavy atom. The van der Waals surface area contributed by atoms with Crippen molar-refractivity contribution < 1.29 is 4.79 Å². The average Bonchev–Trinajstić information content (AvgIpc) is 2.19. The van der Waals surface area contributed by atoms with E-state index < -0.39 is 6.04 Å². The zero-order valence-corrected chi connectivity index (χ0v) is 12.4. The minimum Gasteiger partial charge on any atom is -0.324 e. The van der Waals surface area contributed by atoms with Crippen molar-refractivity contribution in [2.24, 2.45) is 11.1 Å². The second-order valence-corrected chi connectivity index (χ2v) is 6.25. The van der Waals surface area contributed by atoms with Crippen LogP contribution in [0.3, 0.4) is 0 Å². The molecule has 0 aliphatic heterocycles. The lowest BCUT2D eigenvalue weighted by atomic mass is 9.87. The number of halogens is 2. The monoisotopic (exact) mass is 318 g/mol. The first-order valence-corrected chi connectivity index (χ1v) is 6.40.